The topological polar surface area (TPSA) is 69.0 Å². The van der Waals surface area contributed by atoms with Crippen molar-refractivity contribution in [1.82, 2.24) is 14.8 Å². The van der Waals surface area contributed by atoms with Crippen LogP contribution >= 0.6 is 23.4 Å². The average molecular weight is 457 g/mol. The van der Waals surface area contributed by atoms with E-state index in [-0.39, 0.29) is 22.4 Å². The van der Waals surface area contributed by atoms with Crippen molar-refractivity contribution >= 4 is 35.0 Å². The molecule has 1 aromatic heterocycles. The summed E-state index contributed by atoms with van der Waals surface area (Å²) in [5.74, 6) is 1.05. The van der Waals surface area contributed by atoms with E-state index in [4.69, 9.17) is 11.6 Å². The molecule has 0 spiro atoms. The first-order valence-electron chi connectivity index (χ1n) is 9.69. The second-order valence-electron chi connectivity index (χ2n) is 6.94. The molecule has 162 valence electrons. The lowest BCUT2D eigenvalue weighted by Gasteiger charge is -2.21. The molecule has 0 atom stereocenters. The van der Waals surface area contributed by atoms with Crippen LogP contribution in [0.3, 0.4) is 0 Å². The van der Waals surface area contributed by atoms with Gasteiger partial charge in [0.1, 0.15) is 11.6 Å². The number of hydrogen-bond donors (Lipinski definition) is 1. The summed E-state index contributed by atoms with van der Waals surface area (Å²) >= 11 is 7.20. The molecule has 10 heteroatoms. The van der Waals surface area contributed by atoms with Gasteiger partial charge in [-0.1, -0.05) is 48.7 Å². The molecular weight excluding hydrogens is 434 g/mol. The van der Waals surface area contributed by atoms with Crippen LogP contribution < -0.4 is 10.1 Å². The van der Waals surface area contributed by atoms with E-state index < -0.39 is 6.61 Å². The standard InChI is InChI=1S/C20H23ClF2N4O2S/c1-2-10-27-18(13-6-4-3-5-7-13)25-26-20(27)30-12-17(28)24-14-8-9-16(15(21)11-14)29-19(22)23/h2,8-9,11,13,19H,1,3-7,10,12H2,(H,24,28). The molecular formula is C20H23ClF2N4O2S. The van der Waals surface area contributed by atoms with Crippen molar-refractivity contribution in [3.05, 3.63) is 41.7 Å². The molecule has 1 N–H and O–H groups in total. The lowest BCUT2D eigenvalue weighted by Crippen LogP contribution is -2.15. The number of amides is 1. The number of nitrogens with one attached hydrogen (secondary N) is 1. The fraction of sp³-hybridized carbons (Fsp3) is 0.450. The Hall–Kier alpha value is -2.13. The van der Waals surface area contributed by atoms with Gasteiger partial charge >= 0.3 is 6.61 Å². The van der Waals surface area contributed by atoms with E-state index in [1.54, 1.807) is 6.08 Å². The molecule has 1 aliphatic rings. The summed E-state index contributed by atoms with van der Waals surface area (Å²) in [4.78, 5) is 12.3. The number of alkyl halides is 2. The molecule has 1 saturated carbocycles. The number of thioether (sulfide) groups is 1. The summed E-state index contributed by atoms with van der Waals surface area (Å²) < 4.78 is 30.9. The van der Waals surface area contributed by atoms with Gasteiger partial charge in [-0.25, -0.2) is 0 Å². The summed E-state index contributed by atoms with van der Waals surface area (Å²) in [6, 6.07) is 4.10. The van der Waals surface area contributed by atoms with Crippen LogP contribution in [-0.4, -0.2) is 33.0 Å². The van der Waals surface area contributed by atoms with Crippen molar-refractivity contribution in [2.75, 3.05) is 11.1 Å². The van der Waals surface area contributed by atoms with Gasteiger partial charge in [0.2, 0.25) is 5.91 Å². The number of benzene rings is 1. The van der Waals surface area contributed by atoms with Gasteiger partial charge in [-0.15, -0.1) is 16.8 Å². The maximum Gasteiger partial charge on any atom is 0.387 e. The Kier molecular flexibility index (Phi) is 8.09. The minimum absolute atomic E-state index is 0.0106. The number of anilines is 1. The van der Waals surface area contributed by atoms with Crippen molar-refractivity contribution in [3.8, 4) is 5.75 Å². The Morgan fingerprint density at radius 3 is 2.80 bits per heavy atom. The highest BCUT2D eigenvalue weighted by atomic mass is 35.5. The van der Waals surface area contributed by atoms with Crippen LogP contribution in [0.25, 0.3) is 0 Å². The van der Waals surface area contributed by atoms with Gasteiger partial charge < -0.3 is 14.6 Å². The molecule has 2 aromatic rings. The second-order valence-corrected chi connectivity index (χ2v) is 8.29. The highest BCUT2D eigenvalue weighted by Crippen LogP contribution is 2.33. The van der Waals surface area contributed by atoms with Gasteiger partial charge in [0.15, 0.2) is 5.16 Å². The number of hydrogen-bond acceptors (Lipinski definition) is 5. The molecule has 0 unspecified atom stereocenters. The molecule has 1 aliphatic carbocycles. The fourth-order valence-electron chi connectivity index (χ4n) is 3.47. The third-order valence-corrected chi connectivity index (χ3v) is 6.05. The van der Waals surface area contributed by atoms with Crippen molar-refractivity contribution in [2.45, 2.75) is 56.3 Å². The molecule has 3 rings (SSSR count). The molecule has 0 radical (unpaired) electrons. The number of carbonyl (C=O) groups is 1. The molecule has 1 fully saturated rings. The zero-order valence-corrected chi connectivity index (χ0v) is 17.9. The average Bonchev–Trinajstić information content (AvgIpc) is 3.12. The Morgan fingerprint density at radius 2 is 2.13 bits per heavy atom. The maximum atomic E-state index is 12.3. The molecule has 0 bridgehead atoms. The summed E-state index contributed by atoms with van der Waals surface area (Å²) in [5, 5.41) is 12.0. The summed E-state index contributed by atoms with van der Waals surface area (Å²) in [6.07, 6.45) is 7.65. The fourth-order valence-corrected chi connectivity index (χ4v) is 4.45. The van der Waals surface area contributed by atoms with Crippen LogP contribution in [0.1, 0.15) is 43.8 Å². The molecule has 1 aromatic carbocycles. The van der Waals surface area contributed by atoms with Gasteiger partial charge in [0.05, 0.1) is 10.8 Å². The highest BCUT2D eigenvalue weighted by molar-refractivity contribution is 7.99. The Bertz CT molecular complexity index is 888. The van der Waals surface area contributed by atoms with Crippen molar-refractivity contribution in [1.29, 1.82) is 0 Å². The number of carbonyl (C=O) groups excluding carboxylic acids is 1. The van der Waals surface area contributed by atoms with E-state index in [0.29, 0.717) is 23.3 Å². The summed E-state index contributed by atoms with van der Waals surface area (Å²) in [7, 11) is 0. The third-order valence-electron chi connectivity index (χ3n) is 4.79. The van der Waals surface area contributed by atoms with Crippen LogP contribution in [0.15, 0.2) is 36.0 Å². The third kappa shape index (κ3) is 5.95. The summed E-state index contributed by atoms with van der Waals surface area (Å²) in [5.41, 5.74) is 0.391. The Morgan fingerprint density at radius 1 is 1.37 bits per heavy atom. The van der Waals surface area contributed by atoms with Crippen LogP contribution in [0.5, 0.6) is 5.75 Å². The van der Waals surface area contributed by atoms with Crippen LogP contribution in [0, 0.1) is 0 Å². The lowest BCUT2D eigenvalue weighted by molar-refractivity contribution is -0.113. The zero-order valence-electron chi connectivity index (χ0n) is 16.3. The molecule has 0 aliphatic heterocycles. The molecule has 1 heterocycles. The van der Waals surface area contributed by atoms with Crippen molar-refractivity contribution in [3.63, 3.8) is 0 Å². The van der Waals surface area contributed by atoms with Crippen LogP contribution in [0.4, 0.5) is 14.5 Å². The Labute approximate surface area is 183 Å². The van der Waals surface area contributed by atoms with Gasteiger partial charge in [-0.3, -0.25) is 4.79 Å². The predicted octanol–water partition coefficient (Wildman–Crippen LogP) is 5.50. The van der Waals surface area contributed by atoms with E-state index in [9.17, 15) is 13.6 Å². The van der Waals surface area contributed by atoms with E-state index in [1.807, 2.05) is 4.57 Å². The lowest BCUT2D eigenvalue weighted by atomic mass is 9.89. The van der Waals surface area contributed by atoms with E-state index in [2.05, 4.69) is 26.8 Å². The van der Waals surface area contributed by atoms with Crippen molar-refractivity contribution in [2.24, 2.45) is 0 Å². The van der Waals surface area contributed by atoms with E-state index >= 15 is 0 Å². The largest absolute Gasteiger partial charge is 0.433 e. The van der Waals surface area contributed by atoms with Crippen LogP contribution in [0.2, 0.25) is 5.02 Å². The van der Waals surface area contributed by atoms with Gasteiger partial charge in [0, 0.05) is 18.2 Å². The SMILES string of the molecule is C=CCn1c(SCC(=O)Nc2ccc(OC(F)F)c(Cl)c2)nnc1C1CCCCC1. The number of nitrogens with zero attached hydrogens (tertiary/aromatic N) is 3. The number of allylic oxidation sites excluding steroid dienone is 1. The molecule has 30 heavy (non-hydrogen) atoms. The quantitative estimate of drug-likeness (QED) is 0.398. The first-order chi connectivity index (χ1) is 14.5. The molecule has 0 saturated heterocycles. The zero-order chi connectivity index (χ0) is 21.5. The number of aromatic nitrogens is 3. The maximum absolute atomic E-state index is 12.3. The van der Waals surface area contributed by atoms with E-state index in [1.165, 1.54) is 49.2 Å². The van der Waals surface area contributed by atoms with Gasteiger partial charge in [0.25, 0.3) is 0 Å². The first-order valence-corrected chi connectivity index (χ1v) is 11.0. The smallest absolute Gasteiger partial charge is 0.387 e. The minimum atomic E-state index is -2.97. The molecule has 1 amide bonds. The normalized spacial score (nSPS) is 14.7. The monoisotopic (exact) mass is 456 g/mol. The first kappa shape index (κ1) is 22.6. The van der Waals surface area contributed by atoms with Crippen LogP contribution in [-0.2, 0) is 11.3 Å². The Balaban J connectivity index is 1.61. The minimum Gasteiger partial charge on any atom is -0.433 e. The number of halogens is 3. The summed E-state index contributed by atoms with van der Waals surface area (Å²) in [6.45, 7) is 1.43. The predicted molar refractivity (Wildman–Crippen MR) is 113 cm³/mol. The number of ether oxygens (including phenoxy) is 1. The molecule has 6 nitrogen and oxygen atoms in total. The second kappa shape index (κ2) is 10.8. The number of rotatable bonds is 9. The van der Waals surface area contributed by atoms with Gasteiger partial charge in [-0.2, -0.15) is 8.78 Å². The van der Waals surface area contributed by atoms with Crippen molar-refractivity contribution < 1.29 is 18.3 Å². The van der Waals surface area contributed by atoms with E-state index in [0.717, 1.165) is 18.7 Å². The highest BCUT2D eigenvalue weighted by Gasteiger charge is 2.23. The van der Waals surface area contributed by atoms with Gasteiger partial charge in [-0.05, 0) is 31.0 Å².